The molecule has 0 bridgehead atoms. The van der Waals surface area contributed by atoms with E-state index in [1.807, 2.05) is 7.05 Å². The number of nitrogens with one attached hydrogen (secondary N) is 1. The zero-order valence-electron chi connectivity index (χ0n) is 9.31. The summed E-state index contributed by atoms with van der Waals surface area (Å²) >= 11 is 0. The third-order valence-electron chi connectivity index (χ3n) is 2.20. The second-order valence-corrected chi connectivity index (χ2v) is 3.57. The van der Waals surface area contributed by atoms with Crippen molar-refractivity contribution in [3.63, 3.8) is 0 Å². The number of rotatable bonds is 9. The summed E-state index contributed by atoms with van der Waals surface area (Å²) in [6.45, 7) is 3.37. The number of unbranched alkanes of at least 4 members (excludes halogenated alkanes) is 5. The Morgan fingerprint density at radius 1 is 0.923 bits per heavy atom. The van der Waals surface area contributed by atoms with Crippen LogP contribution < -0.4 is 5.32 Å². The lowest BCUT2D eigenvalue weighted by Gasteiger charge is -1.96. The maximum absolute atomic E-state index is 3.14. The summed E-state index contributed by atoms with van der Waals surface area (Å²) in [5.41, 5.74) is 0. The van der Waals surface area contributed by atoms with Crippen molar-refractivity contribution in [2.24, 2.45) is 0 Å². The fourth-order valence-electron chi connectivity index (χ4n) is 1.33. The van der Waals surface area contributed by atoms with Gasteiger partial charge in [-0.1, -0.05) is 44.8 Å². The maximum Gasteiger partial charge on any atom is -0.00173 e. The first-order valence-electron chi connectivity index (χ1n) is 5.71. The van der Waals surface area contributed by atoms with Gasteiger partial charge in [0.2, 0.25) is 0 Å². The molecule has 0 rings (SSSR count). The molecule has 0 aliphatic rings. The third-order valence-corrected chi connectivity index (χ3v) is 2.20. The zero-order chi connectivity index (χ0) is 9.78. The summed E-state index contributed by atoms with van der Waals surface area (Å²) in [6, 6.07) is 0. The predicted octanol–water partition coefficient (Wildman–Crippen LogP) is 3.51. The van der Waals surface area contributed by atoms with Crippen LogP contribution in [0.25, 0.3) is 0 Å². The van der Waals surface area contributed by atoms with Gasteiger partial charge in [-0.3, -0.25) is 0 Å². The first kappa shape index (κ1) is 12.7. The third kappa shape index (κ3) is 11.7. The Balaban J connectivity index is 2.93. The minimum atomic E-state index is 1.10. The highest BCUT2D eigenvalue weighted by molar-refractivity contribution is 4.81. The van der Waals surface area contributed by atoms with Gasteiger partial charge in [0, 0.05) is 0 Å². The van der Waals surface area contributed by atoms with Crippen molar-refractivity contribution in [2.75, 3.05) is 13.6 Å². The van der Waals surface area contributed by atoms with E-state index in [0.29, 0.717) is 0 Å². The normalized spacial score (nSPS) is 11.2. The lowest BCUT2D eigenvalue weighted by Crippen LogP contribution is -2.05. The molecule has 1 nitrogen and oxygen atoms in total. The minimum Gasteiger partial charge on any atom is -0.319 e. The molecule has 1 heteroatoms. The van der Waals surface area contributed by atoms with E-state index in [0.717, 1.165) is 6.54 Å². The summed E-state index contributed by atoms with van der Waals surface area (Å²) in [6.07, 6.45) is 14.0. The molecular weight excluding hydrogens is 158 g/mol. The minimum absolute atomic E-state index is 1.10. The second kappa shape index (κ2) is 11.7. The van der Waals surface area contributed by atoms with Gasteiger partial charge in [-0.05, 0) is 32.9 Å². The first-order chi connectivity index (χ1) is 6.41. The van der Waals surface area contributed by atoms with Crippen molar-refractivity contribution < 1.29 is 0 Å². The van der Waals surface area contributed by atoms with Crippen LogP contribution >= 0.6 is 0 Å². The van der Waals surface area contributed by atoms with Crippen LogP contribution in [0.2, 0.25) is 0 Å². The number of hydrogen-bond donors (Lipinski definition) is 1. The van der Waals surface area contributed by atoms with E-state index in [1.165, 1.54) is 44.9 Å². The molecule has 0 fully saturated rings. The Morgan fingerprint density at radius 3 is 2.31 bits per heavy atom. The van der Waals surface area contributed by atoms with E-state index in [4.69, 9.17) is 0 Å². The molecule has 78 valence electrons. The van der Waals surface area contributed by atoms with Crippen molar-refractivity contribution in [1.29, 1.82) is 0 Å². The van der Waals surface area contributed by atoms with Crippen LogP contribution in [0.15, 0.2) is 12.2 Å². The Hall–Kier alpha value is -0.300. The SMILES string of the molecule is CCCCCCCC=CCCNC. The van der Waals surface area contributed by atoms with Crippen LogP contribution in [-0.2, 0) is 0 Å². The van der Waals surface area contributed by atoms with Gasteiger partial charge in [0.1, 0.15) is 0 Å². The van der Waals surface area contributed by atoms with Crippen LogP contribution in [0.5, 0.6) is 0 Å². The smallest absolute Gasteiger partial charge is 0.00173 e. The quantitative estimate of drug-likeness (QED) is 0.426. The van der Waals surface area contributed by atoms with E-state index >= 15 is 0 Å². The highest BCUT2D eigenvalue weighted by Crippen LogP contribution is 2.05. The summed E-state index contributed by atoms with van der Waals surface area (Å²) in [4.78, 5) is 0. The van der Waals surface area contributed by atoms with Gasteiger partial charge in [0.15, 0.2) is 0 Å². The molecule has 0 spiro atoms. The van der Waals surface area contributed by atoms with Crippen molar-refractivity contribution in [1.82, 2.24) is 5.32 Å². The van der Waals surface area contributed by atoms with E-state index in [2.05, 4.69) is 24.4 Å². The number of hydrogen-bond acceptors (Lipinski definition) is 1. The van der Waals surface area contributed by atoms with E-state index in [9.17, 15) is 0 Å². The fourth-order valence-corrected chi connectivity index (χ4v) is 1.33. The highest BCUT2D eigenvalue weighted by atomic mass is 14.8. The first-order valence-corrected chi connectivity index (χ1v) is 5.71. The van der Waals surface area contributed by atoms with Crippen LogP contribution in [0.3, 0.4) is 0 Å². The largest absolute Gasteiger partial charge is 0.319 e. The molecule has 0 unspecified atom stereocenters. The lowest BCUT2D eigenvalue weighted by molar-refractivity contribution is 0.637. The van der Waals surface area contributed by atoms with Crippen molar-refractivity contribution in [3.8, 4) is 0 Å². The molecule has 0 saturated heterocycles. The van der Waals surface area contributed by atoms with Crippen molar-refractivity contribution >= 4 is 0 Å². The fraction of sp³-hybridized carbons (Fsp3) is 0.833. The predicted molar refractivity (Wildman–Crippen MR) is 61.1 cm³/mol. The molecule has 13 heavy (non-hydrogen) atoms. The van der Waals surface area contributed by atoms with E-state index < -0.39 is 0 Å². The summed E-state index contributed by atoms with van der Waals surface area (Å²) < 4.78 is 0. The molecule has 0 heterocycles. The molecule has 0 amide bonds. The molecule has 0 aromatic rings. The van der Waals surface area contributed by atoms with Crippen LogP contribution in [-0.4, -0.2) is 13.6 Å². The van der Waals surface area contributed by atoms with Gasteiger partial charge in [-0.25, -0.2) is 0 Å². The number of allylic oxidation sites excluding steroid dienone is 1. The summed E-state index contributed by atoms with van der Waals surface area (Å²) in [7, 11) is 2.00. The molecule has 0 radical (unpaired) electrons. The Bertz CT molecular complexity index is 108. The molecule has 1 N–H and O–H groups in total. The maximum atomic E-state index is 3.14. The van der Waals surface area contributed by atoms with Crippen LogP contribution in [0, 0.1) is 0 Å². The molecule has 0 aliphatic carbocycles. The summed E-state index contributed by atoms with van der Waals surface area (Å²) in [5, 5.41) is 3.14. The molecule has 0 atom stereocenters. The lowest BCUT2D eigenvalue weighted by atomic mass is 10.1. The van der Waals surface area contributed by atoms with Gasteiger partial charge in [-0.2, -0.15) is 0 Å². The van der Waals surface area contributed by atoms with Crippen LogP contribution in [0.4, 0.5) is 0 Å². The molecular formula is C12H25N. The van der Waals surface area contributed by atoms with Gasteiger partial charge in [0.25, 0.3) is 0 Å². The Labute approximate surface area is 83.6 Å². The van der Waals surface area contributed by atoms with Crippen LogP contribution in [0.1, 0.15) is 51.9 Å². The molecule has 0 aliphatic heterocycles. The average molecular weight is 183 g/mol. The average Bonchev–Trinajstić information content (AvgIpc) is 2.16. The monoisotopic (exact) mass is 183 g/mol. The van der Waals surface area contributed by atoms with E-state index in [-0.39, 0.29) is 0 Å². The molecule has 0 saturated carbocycles. The van der Waals surface area contributed by atoms with E-state index in [1.54, 1.807) is 0 Å². The Kier molecular flexibility index (Phi) is 11.4. The van der Waals surface area contributed by atoms with Crippen molar-refractivity contribution in [2.45, 2.75) is 51.9 Å². The standard InChI is InChI=1S/C12H25N/c1-3-4-5-6-7-8-9-10-11-12-13-2/h9-10,13H,3-8,11-12H2,1-2H3. The zero-order valence-corrected chi connectivity index (χ0v) is 9.31. The van der Waals surface area contributed by atoms with Gasteiger partial charge in [-0.15, -0.1) is 0 Å². The van der Waals surface area contributed by atoms with Gasteiger partial charge in [0.05, 0.1) is 0 Å². The Morgan fingerprint density at radius 2 is 1.62 bits per heavy atom. The highest BCUT2D eigenvalue weighted by Gasteiger charge is 1.85. The molecule has 0 aromatic heterocycles. The topological polar surface area (TPSA) is 12.0 Å². The van der Waals surface area contributed by atoms with Gasteiger partial charge >= 0.3 is 0 Å². The summed E-state index contributed by atoms with van der Waals surface area (Å²) in [5.74, 6) is 0. The second-order valence-electron chi connectivity index (χ2n) is 3.57. The van der Waals surface area contributed by atoms with Gasteiger partial charge < -0.3 is 5.32 Å². The molecule has 0 aromatic carbocycles. The van der Waals surface area contributed by atoms with Crippen molar-refractivity contribution in [3.05, 3.63) is 12.2 Å².